The lowest BCUT2D eigenvalue weighted by molar-refractivity contribution is 0.185. The van der Waals surface area contributed by atoms with Crippen molar-refractivity contribution in [2.45, 2.75) is 12.8 Å². The van der Waals surface area contributed by atoms with Gasteiger partial charge in [0, 0.05) is 19.8 Å². The highest BCUT2D eigenvalue weighted by Crippen LogP contribution is 2.24. The number of nitrogens with zero attached hydrogens (tertiary/aromatic N) is 2. The third-order valence-corrected chi connectivity index (χ3v) is 3.47. The van der Waals surface area contributed by atoms with Crippen molar-refractivity contribution in [3.8, 4) is 0 Å². The van der Waals surface area contributed by atoms with Crippen LogP contribution in [-0.4, -0.2) is 29.7 Å². The normalized spacial score (nSPS) is 19.9. The fraction of sp³-hybridized carbons (Fsp3) is 0.600. The first-order valence-electron chi connectivity index (χ1n) is 5.35. The van der Waals surface area contributed by atoms with Crippen LogP contribution in [0.5, 0.6) is 0 Å². The van der Waals surface area contributed by atoms with E-state index < -0.39 is 0 Å². The van der Waals surface area contributed by atoms with E-state index in [4.69, 9.17) is 10.5 Å². The topological polar surface area (TPSA) is 73.1 Å². The summed E-state index contributed by atoms with van der Waals surface area (Å²) in [7, 11) is 0. The minimum Gasteiger partial charge on any atom is -0.383 e. The summed E-state index contributed by atoms with van der Waals surface area (Å²) in [6, 6.07) is 0. The van der Waals surface area contributed by atoms with Gasteiger partial charge in [-0.3, -0.25) is 0 Å². The predicted octanol–water partition coefficient (Wildman–Crippen LogP) is 1.66. The maximum absolute atomic E-state index is 5.66. The SMILES string of the molecule is Nc1ncnc(NCCC2CCOC2)c1Br. The Morgan fingerprint density at radius 3 is 3.19 bits per heavy atom. The molecule has 2 rings (SSSR count). The summed E-state index contributed by atoms with van der Waals surface area (Å²) in [6.07, 6.45) is 3.71. The van der Waals surface area contributed by atoms with Gasteiger partial charge in [-0.05, 0) is 34.7 Å². The molecule has 0 radical (unpaired) electrons. The monoisotopic (exact) mass is 286 g/mol. The Bertz CT molecular complexity index is 355. The van der Waals surface area contributed by atoms with Gasteiger partial charge < -0.3 is 15.8 Å². The summed E-state index contributed by atoms with van der Waals surface area (Å²) < 4.78 is 6.05. The Kier molecular flexibility index (Phi) is 3.95. The minimum absolute atomic E-state index is 0.460. The lowest BCUT2D eigenvalue weighted by atomic mass is 10.1. The van der Waals surface area contributed by atoms with Crippen molar-refractivity contribution < 1.29 is 4.74 Å². The van der Waals surface area contributed by atoms with Crippen LogP contribution in [0.1, 0.15) is 12.8 Å². The summed E-state index contributed by atoms with van der Waals surface area (Å²) in [5.74, 6) is 1.89. The van der Waals surface area contributed by atoms with Gasteiger partial charge in [-0.2, -0.15) is 0 Å². The second-order valence-corrected chi connectivity index (χ2v) is 4.66. The van der Waals surface area contributed by atoms with Gasteiger partial charge in [0.2, 0.25) is 0 Å². The van der Waals surface area contributed by atoms with Crippen molar-refractivity contribution in [3.05, 3.63) is 10.8 Å². The number of nitrogens with one attached hydrogen (secondary N) is 1. The molecule has 1 aliphatic rings. The number of nitrogens with two attached hydrogens (primary N) is 1. The van der Waals surface area contributed by atoms with E-state index in [1.54, 1.807) is 0 Å². The molecular formula is C10H15BrN4O. The van der Waals surface area contributed by atoms with Crippen LogP contribution >= 0.6 is 15.9 Å². The van der Waals surface area contributed by atoms with Gasteiger partial charge >= 0.3 is 0 Å². The molecule has 3 N–H and O–H groups in total. The third kappa shape index (κ3) is 2.82. The van der Waals surface area contributed by atoms with Gasteiger partial charge in [0.05, 0.1) is 0 Å². The van der Waals surface area contributed by atoms with Gasteiger partial charge in [0.25, 0.3) is 0 Å². The molecule has 1 aliphatic heterocycles. The van der Waals surface area contributed by atoms with Gasteiger partial charge in [0.1, 0.15) is 22.4 Å². The van der Waals surface area contributed by atoms with Crippen molar-refractivity contribution in [1.82, 2.24) is 9.97 Å². The Morgan fingerprint density at radius 1 is 1.56 bits per heavy atom. The molecule has 1 unspecified atom stereocenters. The molecule has 0 aromatic carbocycles. The molecule has 0 bridgehead atoms. The zero-order chi connectivity index (χ0) is 11.4. The summed E-state index contributed by atoms with van der Waals surface area (Å²) in [4.78, 5) is 8.01. The highest BCUT2D eigenvalue weighted by Gasteiger charge is 2.15. The molecule has 88 valence electrons. The summed E-state index contributed by atoms with van der Waals surface area (Å²) in [5.41, 5.74) is 5.66. The lowest BCUT2D eigenvalue weighted by Gasteiger charge is -2.10. The summed E-state index contributed by atoms with van der Waals surface area (Å²) in [6.45, 7) is 2.66. The maximum atomic E-state index is 5.66. The molecule has 2 heterocycles. The Hall–Kier alpha value is -0.880. The molecule has 0 amide bonds. The average molecular weight is 287 g/mol. The van der Waals surface area contributed by atoms with E-state index in [1.165, 1.54) is 6.33 Å². The number of halogens is 1. The third-order valence-electron chi connectivity index (χ3n) is 2.69. The highest BCUT2D eigenvalue weighted by atomic mass is 79.9. The van der Waals surface area contributed by atoms with E-state index in [9.17, 15) is 0 Å². The van der Waals surface area contributed by atoms with Crippen LogP contribution in [0.15, 0.2) is 10.8 Å². The van der Waals surface area contributed by atoms with E-state index in [2.05, 4.69) is 31.2 Å². The number of aromatic nitrogens is 2. The average Bonchev–Trinajstić information content (AvgIpc) is 2.77. The Morgan fingerprint density at radius 2 is 2.44 bits per heavy atom. The second kappa shape index (κ2) is 5.45. The Labute approximate surface area is 103 Å². The number of anilines is 2. The number of hydrogen-bond acceptors (Lipinski definition) is 5. The predicted molar refractivity (Wildman–Crippen MR) is 66.2 cm³/mol. The molecule has 1 saturated heterocycles. The van der Waals surface area contributed by atoms with Gasteiger partial charge in [-0.15, -0.1) is 0 Å². The highest BCUT2D eigenvalue weighted by molar-refractivity contribution is 9.10. The molecule has 0 saturated carbocycles. The van der Waals surface area contributed by atoms with E-state index in [1.807, 2.05) is 0 Å². The fourth-order valence-electron chi connectivity index (χ4n) is 1.71. The van der Waals surface area contributed by atoms with Gasteiger partial charge in [-0.25, -0.2) is 9.97 Å². The fourth-order valence-corrected chi connectivity index (χ4v) is 2.06. The van der Waals surface area contributed by atoms with E-state index in [0.29, 0.717) is 11.7 Å². The van der Waals surface area contributed by atoms with Crippen molar-refractivity contribution in [2.75, 3.05) is 30.8 Å². The second-order valence-electron chi connectivity index (χ2n) is 3.87. The largest absolute Gasteiger partial charge is 0.383 e. The van der Waals surface area contributed by atoms with Crippen LogP contribution in [0.25, 0.3) is 0 Å². The van der Waals surface area contributed by atoms with Crippen molar-refractivity contribution in [3.63, 3.8) is 0 Å². The molecule has 1 atom stereocenters. The van der Waals surface area contributed by atoms with Crippen LogP contribution in [0.2, 0.25) is 0 Å². The summed E-state index contributed by atoms with van der Waals surface area (Å²) in [5, 5.41) is 3.25. The first-order chi connectivity index (χ1) is 7.77. The number of nitrogen functional groups attached to an aromatic ring is 1. The van der Waals surface area contributed by atoms with Crippen LogP contribution in [0.4, 0.5) is 11.6 Å². The molecule has 0 aliphatic carbocycles. The van der Waals surface area contributed by atoms with Gasteiger partial charge in [-0.1, -0.05) is 0 Å². The van der Waals surface area contributed by atoms with Crippen LogP contribution < -0.4 is 11.1 Å². The quantitative estimate of drug-likeness (QED) is 0.881. The number of ether oxygens (including phenoxy) is 1. The molecule has 5 nitrogen and oxygen atoms in total. The van der Waals surface area contributed by atoms with Crippen molar-refractivity contribution >= 4 is 27.6 Å². The van der Waals surface area contributed by atoms with E-state index in [0.717, 1.165) is 42.9 Å². The molecule has 1 fully saturated rings. The van der Waals surface area contributed by atoms with Crippen LogP contribution in [-0.2, 0) is 4.74 Å². The first-order valence-corrected chi connectivity index (χ1v) is 6.14. The zero-order valence-electron chi connectivity index (χ0n) is 8.95. The first kappa shape index (κ1) is 11.6. The standard InChI is InChI=1S/C10H15BrN4O/c11-8-9(12)14-6-15-10(8)13-3-1-7-2-4-16-5-7/h6-7H,1-5H2,(H3,12,13,14,15). The summed E-state index contributed by atoms with van der Waals surface area (Å²) >= 11 is 3.36. The van der Waals surface area contributed by atoms with Crippen molar-refractivity contribution in [2.24, 2.45) is 5.92 Å². The molecule has 1 aromatic rings. The van der Waals surface area contributed by atoms with E-state index in [-0.39, 0.29) is 0 Å². The van der Waals surface area contributed by atoms with Crippen LogP contribution in [0, 0.1) is 5.92 Å². The molecule has 16 heavy (non-hydrogen) atoms. The lowest BCUT2D eigenvalue weighted by Crippen LogP contribution is -2.11. The minimum atomic E-state index is 0.460. The molecule has 0 spiro atoms. The smallest absolute Gasteiger partial charge is 0.145 e. The van der Waals surface area contributed by atoms with E-state index >= 15 is 0 Å². The van der Waals surface area contributed by atoms with Gasteiger partial charge in [0.15, 0.2) is 0 Å². The molecule has 1 aromatic heterocycles. The number of hydrogen-bond donors (Lipinski definition) is 2. The molecular weight excluding hydrogens is 272 g/mol. The molecule has 6 heteroatoms. The number of rotatable bonds is 4. The zero-order valence-corrected chi connectivity index (χ0v) is 10.5. The Balaban J connectivity index is 1.82. The van der Waals surface area contributed by atoms with Crippen molar-refractivity contribution in [1.29, 1.82) is 0 Å². The maximum Gasteiger partial charge on any atom is 0.145 e. The van der Waals surface area contributed by atoms with Crippen LogP contribution in [0.3, 0.4) is 0 Å².